The molecule has 0 spiro atoms. The minimum absolute atomic E-state index is 0.0928. The molecule has 0 saturated heterocycles. The van der Waals surface area contributed by atoms with E-state index in [1.165, 1.54) is 7.11 Å². The Morgan fingerprint density at radius 3 is 2.28 bits per heavy atom. The van der Waals surface area contributed by atoms with Gasteiger partial charge in [-0.1, -0.05) is 13.8 Å². The molecule has 8 heteroatoms. The average Bonchev–Trinajstić information content (AvgIpc) is 2.64. The molecule has 29 heavy (non-hydrogen) atoms. The first-order valence-electron chi connectivity index (χ1n) is 8.98. The lowest BCUT2D eigenvalue weighted by molar-refractivity contribution is -0.144. The van der Waals surface area contributed by atoms with Gasteiger partial charge in [0.1, 0.15) is 17.5 Å². The first-order chi connectivity index (χ1) is 13.6. The molecule has 0 aliphatic carbocycles. The van der Waals surface area contributed by atoms with Gasteiger partial charge in [0, 0.05) is 5.56 Å². The molecule has 0 fully saturated rings. The number of halogens is 2. The number of carbonyl (C=O) groups is 2. The Bertz CT molecular complexity index is 891. The third-order valence-corrected chi connectivity index (χ3v) is 5.37. The lowest BCUT2D eigenvalue weighted by atomic mass is 10.0. The van der Waals surface area contributed by atoms with E-state index in [0.29, 0.717) is 20.4 Å². The summed E-state index contributed by atoms with van der Waals surface area (Å²) < 4.78 is 11.9. The van der Waals surface area contributed by atoms with Crippen molar-refractivity contribution in [3.63, 3.8) is 0 Å². The normalized spacial score (nSPS) is 11.8. The quantitative estimate of drug-likeness (QED) is 0.491. The van der Waals surface area contributed by atoms with Crippen molar-refractivity contribution in [2.75, 3.05) is 7.11 Å². The fourth-order valence-electron chi connectivity index (χ4n) is 2.70. The fourth-order valence-corrected chi connectivity index (χ4v) is 4.15. The summed E-state index contributed by atoms with van der Waals surface area (Å²) in [5, 5.41) is 12.6. The molecule has 0 aliphatic heterocycles. The van der Waals surface area contributed by atoms with Gasteiger partial charge in [0.2, 0.25) is 5.91 Å². The summed E-state index contributed by atoms with van der Waals surface area (Å²) in [6.45, 7) is 5.55. The van der Waals surface area contributed by atoms with E-state index < -0.39 is 12.0 Å². The van der Waals surface area contributed by atoms with Crippen LogP contribution in [0.4, 0.5) is 0 Å². The first kappa shape index (κ1) is 23.2. The van der Waals surface area contributed by atoms with Crippen LogP contribution >= 0.6 is 31.9 Å². The highest BCUT2D eigenvalue weighted by atomic mass is 79.9. The Hall–Kier alpha value is -2.06. The van der Waals surface area contributed by atoms with Crippen LogP contribution in [0.3, 0.4) is 0 Å². The molecule has 2 N–H and O–H groups in total. The number of ether oxygens (including phenoxy) is 2. The summed E-state index contributed by atoms with van der Waals surface area (Å²) >= 11 is 6.96. The van der Waals surface area contributed by atoms with Gasteiger partial charge < -0.3 is 19.9 Å². The van der Waals surface area contributed by atoms with Crippen LogP contribution in [0.25, 0.3) is 0 Å². The lowest BCUT2D eigenvalue weighted by Crippen LogP contribution is -2.39. The van der Waals surface area contributed by atoms with Gasteiger partial charge in [0.15, 0.2) is 5.75 Å². The van der Waals surface area contributed by atoms with E-state index >= 15 is 0 Å². The van der Waals surface area contributed by atoms with E-state index in [1.807, 2.05) is 13.8 Å². The number of aromatic hydroxyl groups is 1. The molecule has 1 amide bonds. The monoisotopic (exact) mass is 527 g/mol. The number of phenolic OH excluding ortho intramolecular Hbond substituents is 1. The molecular formula is C21H23Br2NO5. The number of methoxy groups -OCH3 is 1. The third kappa shape index (κ3) is 6.21. The number of rotatable bonds is 7. The number of carbonyl (C=O) groups excluding carboxylic acids is 2. The predicted molar refractivity (Wildman–Crippen MR) is 117 cm³/mol. The van der Waals surface area contributed by atoms with Crippen molar-refractivity contribution in [2.24, 2.45) is 0 Å². The summed E-state index contributed by atoms with van der Waals surface area (Å²) in [4.78, 5) is 23.6. The van der Waals surface area contributed by atoms with Crippen molar-refractivity contribution in [1.29, 1.82) is 0 Å². The van der Waals surface area contributed by atoms with Crippen molar-refractivity contribution in [1.82, 2.24) is 5.32 Å². The number of hydrogen-bond donors (Lipinski definition) is 2. The van der Waals surface area contributed by atoms with E-state index in [4.69, 9.17) is 4.74 Å². The van der Waals surface area contributed by atoms with Crippen LogP contribution in [-0.4, -0.2) is 30.1 Å². The Morgan fingerprint density at radius 2 is 1.72 bits per heavy atom. The molecule has 0 unspecified atom stereocenters. The number of benzene rings is 2. The second kappa shape index (κ2) is 10.1. The standard InChI is InChI=1S/C21H23Br2NO5/c1-11(2)15-10-14(5-6-18(15)25)29-20-16(22)7-13(8-17(20)23)9-19(26)24-12(3)21(27)28-4/h5-8,10-12,25H,9H2,1-4H3,(H,24,26)/t12-/m0/s1. The Kier molecular flexibility index (Phi) is 8.10. The highest BCUT2D eigenvalue weighted by molar-refractivity contribution is 9.11. The number of amides is 1. The van der Waals surface area contributed by atoms with E-state index in [2.05, 4.69) is 41.9 Å². The molecule has 1 atom stereocenters. The van der Waals surface area contributed by atoms with Crippen molar-refractivity contribution in [3.05, 3.63) is 50.4 Å². The smallest absolute Gasteiger partial charge is 0.328 e. The number of esters is 1. The Labute approximate surface area is 186 Å². The maximum Gasteiger partial charge on any atom is 0.328 e. The molecule has 2 aromatic carbocycles. The van der Waals surface area contributed by atoms with Gasteiger partial charge in [0.05, 0.1) is 22.5 Å². The van der Waals surface area contributed by atoms with Crippen LogP contribution in [-0.2, 0) is 20.7 Å². The van der Waals surface area contributed by atoms with Crippen molar-refractivity contribution in [2.45, 2.75) is 39.2 Å². The molecular weight excluding hydrogens is 506 g/mol. The Morgan fingerprint density at radius 1 is 1.10 bits per heavy atom. The van der Waals surface area contributed by atoms with Crippen molar-refractivity contribution in [3.8, 4) is 17.2 Å². The molecule has 6 nitrogen and oxygen atoms in total. The summed E-state index contributed by atoms with van der Waals surface area (Å²) in [5.74, 6) is 0.726. The largest absolute Gasteiger partial charge is 0.508 e. The van der Waals surface area contributed by atoms with Crippen LogP contribution in [0.5, 0.6) is 17.2 Å². The summed E-state index contributed by atoms with van der Waals surface area (Å²) in [5.41, 5.74) is 1.53. The number of phenols is 1. The van der Waals surface area contributed by atoms with E-state index in [9.17, 15) is 14.7 Å². The zero-order chi connectivity index (χ0) is 21.7. The summed E-state index contributed by atoms with van der Waals surface area (Å²) in [7, 11) is 1.27. The SMILES string of the molecule is COC(=O)[C@H](C)NC(=O)Cc1cc(Br)c(Oc2ccc(O)c(C(C)C)c2)c(Br)c1. The van der Waals surface area contributed by atoms with Crippen LogP contribution in [0.2, 0.25) is 0 Å². The van der Waals surface area contributed by atoms with Gasteiger partial charge >= 0.3 is 5.97 Å². The number of nitrogens with one attached hydrogen (secondary N) is 1. The van der Waals surface area contributed by atoms with E-state index in [0.717, 1.165) is 11.1 Å². The first-order valence-corrected chi connectivity index (χ1v) is 10.6. The molecule has 156 valence electrons. The molecule has 0 aliphatic rings. The topological polar surface area (TPSA) is 84.9 Å². The van der Waals surface area contributed by atoms with Gasteiger partial charge in [0.25, 0.3) is 0 Å². The zero-order valence-electron chi connectivity index (χ0n) is 16.6. The van der Waals surface area contributed by atoms with Gasteiger partial charge in [-0.15, -0.1) is 0 Å². The second-order valence-corrected chi connectivity index (χ2v) is 8.56. The molecule has 2 rings (SSSR count). The van der Waals surface area contributed by atoms with E-state index in [-0.39, 0.29) is 24.0 Å². The highest BCUT2D eigenvalue weighted by Gasteiger charge is 2.18. The zero-order valence-corrected chi connectivity index (χ0v) is 19.8. The van der Waals surface area contributed by atoms with Crippen LogP contribution in [0.15, 0.2) is 39.3 Å². The second-order valence-electron chi connectivity index (χ2n) is 6.86. The molecule has 0 radical (unpaired) electrons. The van der Waals surface area contributed by atoms with Crippen LogP contribution in [0.1, 0.15) is 37.8 Å². The molecule has 0 aromatic heterocycles. The molecule has 0 heterocycles. The Balaban J connectivity index is 2.16. The van der Waals surface area contributed by atoms with Gasteiger partial charge in [-0.05, 0) is 80.6 Å². The molecule has 0 saturated carbocycles. The summed E-state index contributed by atoms with van der Waals surface area (Å²) in [6, 6.07) is 7.95. The van der Waals surface area contributed by atoms with Crippen molar-refractivity contribution >= 4 is 43.7 Å². The lowest BCUT2D eigenvalue weighted by Gasteiger charge is -2.15. The van der Waals surface area contributed by atoms with Crippen LogP contribution < -0.4 is 10.1 Å². The van der Waals surface area contributed by atoms with Crippen LogP contribution in [0, 0.1) is 0 Å². The number of hydrogen-bond acceptors (Lipinski definition) is 5. The highest BCUT2D eigenvalue weighted by Crippen LogP contribution is 2.39. The molecule has 2 aromatic rings. The minimum atomic E-state index is -0.716. The average molecular weight is 529 g/mol. The van der Waals surface area contributed by atoms with Gasteiger partial charge in [-0.25, -0.2) is 4.79 Å². The van der Waals surface area contributed by atoms with E-state index in [1.54, 1.807) is 37.3 Å². The van der Waals surface area contributed by atoms with Crippen molar-refractivity contribution < 1.29 is 24.2 Å². The summed E-state index contributed by atoms with van der Waals surface area (Å²) in [6.07, 6.45) is 0.0928. The predicted octanol–water partition coefficient (Wildman–Crippen LogP) is 5.05. The van der Waals surface area contributed by atoms with Gasteiger partial charge in [-0.2, -0.15) is 0 Å². The third-order valence-electron chi connectivity index (χ3n) is 4.20. The maximum atomic E-state index is 12.2. The minimum Gasteiger partial charge on any atom is -0.508 e. The van der Waals surface area contributed by atoms with Gasteiger partial charge in [-0.3, -0.25) is 4.79 Å². The molecule has 0 bridgehead atoms. The maximum absolute atomic E-state index is 12.2. The fraction of sp³-hybridized carbons (Fsp3) is 0.333.